The van der Waals surface area contributed by atoms with E-state index in [1.54, 1.807) is 0 Å². The van der Waals surface area contributed by atoms with Crippen molar-refractivity contribution in [3.8, 4) is 0 Å². The summed E-state index contributed by atoms with van der Waals surface area (Å²) in [6.45, 7) is 6.09. The quantitative estimate of drug-likeness (QED) is 0.817. The summed E-state index contributed by atoms with van der Waals surface area (Å²) >= 11 is 0. The van der Waals surface area contributed by atoms with Gasteiger partial charge in [-0.25, -0.2) is 0 Å². The molecular formula is C14H22N2O. The summed E-state index contributed by atoms with van der Waals surface area (Å²) < 4.78 is 0. The van der Waals surface area contributed by atoms with Crippen LogP contribution in [0, 0.1) is 13.8 Å². The first-order chi connectivity index (χ1) is 8.04. The van der Waals surface area contributed by atoms with Crippen molar-refractivity contribution in [1.82, 2.24) is 0 Å². The van der Waals surface area contributed by atoms with Gasteiger partial charge < -0.3 is 15.7 Å². The third-order valence-electron chi connectivity index (χ3n) is 3.78. The summed E-state index contributed by atoms with van der Waals surface area (Å²) in [6, 6.07) is 6.50. The van der Waals surface area contributed by atoms with Gasteiger partial charge in [-0.3, -0.25) is 0 Å². The predicted molar refractivity (Wildman–Crippen MR) is 71.4 cm³/mol. The largest absolute Gasteiger partial charge is 0.394 e. The molecule has 0 aliphatic carbocycles. The highest BCUT2D eigenvalue weighted by molar-refractivity contribution is 5.51. The van der Waals surface area contributed by atoms with E-state index in [0.29, 0.717) is 0 Å². The number of piperidine rings is 1. The van der Waals surface area contributed by atoms with E-state index < -0.39 is 5.54 Å². The van der Waals surface area contributed by atoms with Crippen LogP contribution in [-0.4, -0.2) is 30.3 Å². The molecule has 2 rings (SSSR count). The number of nitrogens with zero attached hydrogens (tertiary/aromatic N) is 1. The molecule has 0 saturated carbocycles. The highest BCUT2D eigenvalue weighted by Gasteiger charge is 2.31. The Hall–Kier alpha value is -1.06. The molecule has 1 aliphatic rings. The fourth-order valence-corrected chi connectivity index (χ4v) is 2.43. The van der Waals surface area contributed by atoms with Crippen molar-refractivity contribution in [2.45, 2.75) is 32.2 Å². The van der Waals surface area contributed by atoms with Crippen LogP contribution in [-0.2, 0) is 0 Å². The zero-order valence-electron chi connectivity index (χ0n) is 10.7. The van der Waals surface area contributed by atoms with Crippen LogP contribution in [0.15, 0.2) is 18.2 Å². The summed E-state index contributed by atoms with van der Waals surface area (Å²) in [7, 11) is 0. The monoisotopic (exact) mass is 234 g/mol. The second-order valence-corrected chi connectivity index (χ2v) is 5.31. The second-order valence-electron chi connectivity index (χ2n) is 5.31. The maximum absolute atomic E-state index is 9.36. The smallest absolute Gasteiger partial charge is 0.0628 e. The number of nitrogens with two attached hydrogens (primary N) is 1. The van der Waals surface area contributed by atoms with Gasteiger partial charge in [0.25, 0.3) is 0 Å². The van der Waals surface area contributed by atoms with Gasteiger partial charge in [0.1, 0.15) is 0 Å². The number of aryl methyl sites for hydroxylation is 2. The summed E-state index contributed by atoms with van der Waals surface area (Å²) in [5, 5.41) is 9.36. The van der Waals surface area contributed by atoms with Gasteiger partial charge in [0.2, 0.25) is 0 Å². The Labute approximate surface area is 103 Å². The molecule has 1 fully saturated rings. The van der Waals surface area contributed by atoms with Gasteiger partial charge in [-0.1, -0.05) is 6.07 Å². The Kier molecular flexibility index (Phi) is 3.40. The van der Waals surface area contributed by atoms with Crippen LogP contribution >= 0.6 is 0 Å². The van der Waals surface area contributed by atoms with Gasteiger partial charge in [-0.2, -0.15) is 0 Å². The third-order valence-corrected chi connectivity index (χ3v) is 3.78. The number of aliphatic hydroxyl groups is 1. The average Bonchev–Trinajstić information content (AvgIpc) is 2.33. The average molecular weight is 234 g/mol. The minimum Gasteiger partial charge on any atom is -0.394 e. The standard InChI is InChI=1S/C14H22N2O/c1-11-4-5-13(8-12(11)2)16-7-3-6-14(15,9-16)10-17/h4-5,8,17H,3,6-7,9-10,15H2,1-2H3. The molecule has 94 valence electrons. The molecule has 1 aliphatic heterocycles. The van der Waals surface area contributed by atoms with Crippen LogP contribution in [0.1, 0.15) is 24.0 Å². The lowest BCUT2D eigenvalue weighted by molar-refractivity contribution is 0.177. The van der Waals surface area contributed by atoms with E-state index in [1.807, 2.05) is 0 Å². The first kappa shape index (κ1) is 12.4. The molecule has 3 heteroatoms. The number of aliphatic hydroxyl groups excluding tert-OH is 1. The van der Waals surface area contributed by atoms with Crippen molar-refractivity contribution in [2.75, 3.05) is 24.6 Å². The molecule has 1 saturated heterocycles. The first-order valence-electron chi connectivity index (χ1n) is 6.26. The summed E-state index contributed by atoms with van der Waals surface area (Å²) in [4.78, 5) is 2.28. The van der Waals surface area contributed by atoms with Crippen molar-refractivity contribution >= 4 is 5.69 Å². The number of rotatable bonds is 2. The SMILES string of the molecule is Cc1ccc(N2CCCC(N)(CO)C2)cc1C. The Balaban J connectivity index is 2.19. The zero-order valence-corrected chi connectivity index (χ0v) is 10.7. The van der Waals surface area contributed by atoms with Crippen molar-refractivity contribution in [2.24, 2.45) is 5.73 Å². The Morgan fingerprint density at radius 1 is 1.35 bits per heavy atom. The Morgan fingerprint density at radius 3 is 2.76 bits per heavy atom. The van der Waals surface area contributed by atoms with Gasteiger partial charge in [0.05, 0.1) is 12.1 Å². The molecule has 0 spiro atoms. The molecule has 1 unspecified atom stereocenters. The van der Waals surface area contributed by atoms with Crippen molar-refractivity contribution in [3.05, 3.63) is 29.3 Å². The molecule has 0 aromatic heterocycles. The molecule has 3 nitrogen and oxygen atoms in total. The topological polar surface area (TPSA) is 49.5 Å². The lowest BCUT2D eigenvalue weighted by atomic mass is 9.90. The van der Waals surface area contributed by atoms with Crippen molar-refractivity contribution < 1.29 is 5.11 Å². The van der Waals surface area contributed by atoms with E-state index in [4.69, 9.17) is 5.73 Å². The lowest BCUT2D eigenvalue weighted by Gasteiger charge is -2.40. The van der Waals surface area contributed by atoms with E-state index in [2.05, 4.69) is 36.9 Å². The van der Waals surface area contributed by atoms with E-state index in [0.717, 1.165) is 25.9 Å². The van der Waals surface area contributed by atoms with Crippen molar-refractivity contribution in [3.63, 3.8) is 0 Å². The summed E-state index contributed by atoms with van der Waals surface area (Å²) in [5.74, 6) is 0. The predicted octanol–water partition coefficient (Wildman–Crippen LogP) is 1.59. The van der Waals surface area contributed by atoms with E-state index in [-0.39, 0.29) is 6.61 Å². The van der Waals surface area contributed by atoms with Gasteiger partial charge >= 0.3 is 0 Å². The number of hydrogen-bond donors (Lipinski definition) is 2. The fraction of sp³-hybridized carbons (Fsp3) is 0.571. The van der Waals surface area contributed by atoms with E-state index >= 15 is 0 Å². The van der Waals surface area contributed by atoms with Gasteiger partial charge in [-0.15, -0.1) is 0 Å². The summed E-state index contributed by atoms with van der Waals surface area (Å²) in [5.41, 5.74) is 9.56. The number of hydrogen-bond acceptors (Lipinski definition) is 3. The minimum absolute atomic E-state index is 0.0638. The third kappa shape index (κ3) is 2.61. The van der Waals surface area contributed by atoms with Crippen molar-refractivity contribution in [1.29, 1.82) is 0 Å². The molecule has 1 aromatic rings. The van der Waals surface area contributed by atoms with Crippen LogP contribution in [0.4, 0.5) is 5.69 Å². The molecule has 3 N–H and O–H groups in total. The normalized spacial score (nSPS) is 25.1. The lowest BCUT2D eigenvalue weighted by Crippen LogP contribution is -2.56. The Bertz CT molecular complexity index is 405. The van der Waals surface area contributed by atoms with Gasteiger partial charge in [-0.05, 0) is 49.9 Å². The van der Waals surface area contributed by atoms with Gasteiger partial charge in [0, 0.05) is 18.8 Å². The number of benzene rings is 1. The van der Waals surface area contributed by atoms with Crippen LogP contribution < -0.4 is 10.6 Å². The highest BCUT2D eigenvalue weighted by Crippen LogP contribution is 2.25. The fourth-order valence-electron chi connectivity index (χ4n) is 2.43. The van der Waals surface area contributed by atoms with E-state index in [9.17, 15) is 5.11 Å². The molecule has 17 heavy (non-hydrogen) atoms. The molecule has 1 atom stereocenters. The van der Waals surface area contributed by atoms with Crippen LogP contribution in [0.5, 0.6) is 0 Å². The molecule has 0 radical (unpaired) electrons. The maximum Gasteiger partial charge on any atom is 0.0628 e. The second kappa shape index (κ2) is 4.67. The van der Waals surface area contributed by atoms with E-state index in [1.165, 1.54) is 16.8 Å². The molecule has 1 heterocycles. The minimum atomic E-state index is -0.433. The first-order valence-corrected chi connectivity index (χ1v) is 6.26. The molecule has 0 amide bonds. The molecule has 1 aromatic carbocycles. The molecular weight excluding hydrogens is 212 g/mol. The van der Waals surface area contributed by atoms with Crippen LogP contribution in [0.25, 0.3) is 0 Å². The number of anilines is 1. The molecule has 0 bridgehead atoms. The highest BCUT2D eigenvalue weighted by atomic mass is 16.3. The summed E-state index contributed by atoms with van der Waals surface area (Å²) in [6.07, 6.45) is 1.95. The van der Waals surface area contributed by atoms with Crippen LogP contribution in [0.2, 0.25) is 0 Å². The van der Waals surface area contributed by atoms with Crippen LogP contribution in [0.3, 0.4) is 0 Å². The van der Waals surface area contributed by atoms with Gasteiger partial charge in [0.15, 0.2) is 0 Å². The Morgan fingerprint density at radius 2 is 2.12 bits per heavy atom. The maximum atomic E-state index is 9.36. The zero-order chi connectivity index (χ0) is 12.5.